The molecule has 0 bridgehead atoms. The SMILES string of the molecule is CC(=O)/C=C(\O)C(F)(F)F.[C-]#[O+].[C-]#[O+].[Rh]. The van der Waals surface area contributed by atoms with Gasteiger partial charge in [-0.3, -0.25) is 4.79 Å². The summed E-state index contributed by atoms with van der Waals surface area (Å²) in [5, 5.41) is 8.07. The maximum atomic E-state index is 11.3. The molecule has 0 unspecified atom stereocenters. The molecule has 0 aliphatic heterocycles. The number of aliphatic hydroxyl groups is 1. The maximum Gasteiger partial charge on any atom is 0 e. The van der Waals surface area contributed by atoms with E-state index in [2.05, 4.69) is 13.3 Å². The first kappa shape index (κ1) is 23.7. The van der Waals surface area contributed by atoms with Gasteiger partial charge < -0.3 is 5.11 Å². The number of carbonyl (C=O) groups excluding carboxylic acids is 1. The predicted molar refractivity (Wildman–Crippen MR) is 35.3 cm³/mol. The molecule has 0 aromatic rings. The van der Waals surface area contributed by atoms with Gasteiger partial charge >= 0.3 is 28.8 Å². The second kappa shape index (κ2) is 13.1. The fourth-order valence-electron chi connectivity index (χ4n) is 0.274. The van der Waals surface area contributed by atoms with Crippen molar-refractivity contribution in [2.75, 3.05) is 0 Å². The van der Waals surface area contributed by atoms with Crippen molar-refractivity contribution >= 4 is 5.78 Å². The van der Waals surface area contributed by atoms with Crippen molar-refractivity contribution in [1.29, 1.82) is 0 Å². The van der Waals surface area contributed by atoms with Crippen LogP contribution >= 0.6 is 0 Å². The van der Waals surface area contributed by atoms with Crippen molar-refractivity contribution in [1.82, 2.24) is 0 Å². The number of aliphatic hydroxyl groups excluding tert-OH is 1. The molecule has 15 heavy (non-hydrogen) atoms. The fraction of sp³-hybridized carbons (Fsp3) is 0.286. The van der Waals surface area contributed by atoms with Crippen LogP contribution in [0.15, 0.2) is 11.8 Å². The second-order valence-electron chi connectivity index (χ2n) is 1.64. The van der Waals surface area contributed by atoms with Crippen LogP contribution in [0.25, 0.3) is 0 Å². The minimum absolute atomic E-state index is 0. The standard InChI is InChI=1S/C5H5F3O2.2CO.Rh/c1-3(9)2-4(10)5(6,7)8;2*1-2;/h2,10H,1H3;;;/b4-2-;;;. The molecule has 87 valence electrons. The van der Waals surface area contributed by atoms with Gasteiger partial charge in [-0.1, -0.05) is 0 Å². The summed E-state index contributed by atoms with van der Waals surface area (Å²) in [5.74, 6) is -2.70. The van der Waals surface area contributed by atoms with E-state index in [-0.39, 0.29) is 25.6 Å². The Morgan fingerprint density at radius 2 is 1.53 bits per heavy atom. The van der Waals surface area contributed by atoms with Gasteiger partial charge in [-0.2, -0.15) is 13.2 Å². The average Bonchev–Trinajstić information content (AvgIpc) is 2.09. The number of halogens is 3. The topological polar surface area (TPSA) is 77.1 Å². The Labute approximate surface area is 96.3 Å². The van der Waals surface area contributed by atoms with E-state index >= 15 is 0 Å². The molecule has 0 atom stereocenters. The van der Waals surface area contributed by atoms with Crippen molar-refractivity contribution in [3.63, 3.8) is 0 Å². The van der Waals surface area contributed by atoms with E-state index in [0.717, 1.165) is 6.92 Å². The van der Waals surface area contributed by atoms with Crippen molar-refractivity contribution in [2.24, 2.45) is 0 Å². The predicted octanol–water partition coefficient (Wildman–Crippen LogP) is 1.50. The van der Waals surface area contributed by atoms with Crippen LogP contribution in [0, 0.1) is 13.3 Å². The van der Waals surface area contributed by atoms with Gasteiger partial charge in [0.25, 0.3) is 0 Å². The zero-order valence-corrected chi connectivity index (χ0v) is 8.86. The molecule has 0 rings (SSSR count). The molecule has 0 aromatic carbocycles. The first-order valence-corrected chi connectivity index (χ1v) is 2.73. The number of carbonyl (C=O) groups is 1. The average molecular weight is 313 g/mol. The number of ketones is 1. The third-order valence-electron chi connectivity index (χ3n) is 0.630. The minimum atomic E-state index is -4.81. The Morgan fingerprint density at radius 1 is 1.27 bits per heavy atom. The summed E-state index contributed by atoms with van der Waals surface area (Å²) in [4.78, 5) is 9.96. The van der Waals surface area contributed by atoms with Gasteiger partial charge in [0.15, 0.2) is 5.78 Å². The molecule has 8 heteroatoms. The van der Waals surface area contributed by atoms with Gasteiger partial charge in [0.2, 0.25) is 5.76 Å². The summed E-state index contributed by atoms with van der Waals surface area (Å²) in [7, 11) is 0. The molecule has 0 amide bonds. The molecule has 1 N–H and O–H groups in total. The van der Waals surface area contributed by atoms with Crippen LogP contribution in [-0.4, -0.2) is 17.1 Å². The van der Waals surface area contributed by atoms with Crippen LogP contribution in [0.2, 0.25) is 0 Å². The van der Waals surface area contributed by atoms with Crippen LogP contribution in [-0.2, 0) is 33.6 Å². The van der Waals surface area contributed by atoms with Crippen LogP contribution in [0.1, 0.15) is 6.92 Å². The molecule has 0 aromatic heterocycles. The largest absolute Gasteiger partial charge is 0 e. The zero-order valence-electron chi connectivity index (χ0n) is 7.22. The number of rotatable bonds is 1. The first-order valence-electron chi connectivity index (χ1n) is 2.73. The van der Waals surface area contributed by atoms with E-state index in [9.17, 15) is 18.0 Å². The van der Waals surface area contributed by atoms with Crippen molar-refractivity contribution < 1.29 is 51.9 Å². The summed E-state index contributed by atoms with van der Waals surface area (Å²) in [6.45, 7) is 9.92. The molecular formula is C7H5F3O4Rh. The molecule has 1 radical (unpaired) electrons. The summed E-state index contributed by atoms with van der Waals surface area (Å²) < 4.78 is 49.0. The van der Waals surface area contributed by atoms with Gasteiger partial charge in [-0.15, -0.1) is 0 Å². The quantitative estimate of drug-likeness (QED) is 0.262. The normalized spacial score (nSPS) is 9.20. The number of alkyl halides is 3. The van der Waals surface area contributed by atoms with Crippen LogP contribution in [0.5, 0.6) is 0 Å². The molecule has 4 nitrogen and oxygen atoms in total. The van der Waals surface area contributed by atoms with Crippen molar-refractivity contribution in [3.05, 3.63) is 25.1 Å². The number of allylic oxidation sites excluding steroid dienone is 2. The molecule has 0 aliphatic rings. The van der Waals surface area contributed by atoms with Gasteiger partial charge in [0.05, 0.1) is 0 Å². The van der Waals surface area contributed by atoms with Gasteiger partial charge in [0.1, 0.15) is 0 Å². The second-order valence-corrected chi connectivity index (χ2v) is 1.64. The van der Waals surface area contributed by atoms with E-state index < -0.39 is 17.7 Å². The smallest absolute Gasteiger partial charge is 0 e. The molecule has 0 saturated heterocycles. The monoisotopic (exact) mass is 313 g/mol. The summed E-state index contributed by atoms with van der Waals surface area (Å²) in [6, 6.07) is 0. The van der Waals surface area contributed by atoms with E-state index in [1.54, 1.807) is 0 Å². The Morgan fingerprint density at radius 3 is 1.60 bits per heavy atom. The Hall–Kier alpha value is -0.897. The van der Waals surface area contributed by atoms with Gasteiger partial charge in [-0.25, -0.2) is 0 Å². The molecule has 0 saturated carbocycles. The van der Waals surface area contributed by atoms with Gasteiger partial charge in [-0.05, 0) is 6.92 Å². The number of hydrogen-bond acceptors (Lipinski definition) is 2. The molecule has 0 fully saturated rings. The van der Waals surface area contributed by atoms with E-state index in [4.69, 9.17) is 14.4 Å². The Kier molecular flexibility index (Phi) is 20.7. The number of hydrogen-bond donors (Lipinski definition) is 1. The van der Waals surface area contributed by atoms with Crippen molar-refractivity contribution in [2.45, 2.75) is 13.1 Å². The molecule has 0 aliphatic carbocycles. The Balaban J connectivity index is -0.000000107. The Bertz CT molecular complexity index is 236. The third-order valence-corrected chi connectivity index (χ3v) is 0.630. The summed E-state index contributed by atoms with van der Waals surface area (Å²) in [5.41, 5.74) is 0. The van der Waals surface area contributed by atoms with E-state index in [1.807, 2.05) is 0 Å². The van der Waals surface area contributed by atoms with Crippen molar-refractivity contribution in [3.8, 4) is 0 Å². The van der Waals surface area contributed by atoms with E-state index in [1.165, 1.54) is 0 Å². The summed E-state index contributed by atoms with van der Waals surface area (Å²) in [6.07, 6.45) is -4.69. The summed E-state index contributed by atoms with van der Waals surface area (Å²) >= 11 is 0. The molecule has 0 spiro atoms. The van der Waals surface area contributed by atoms with Crippen LogP contribution in [0.3, 0.4) is 0 Å². The van der Waals surface area contributed by atoms with Crippen LogP contribution in [0.4, 0.5) is 13.2 Å². The maximum absolute atomic E-state index is 11.3. The van der Waals surface area contributed by atoms with Crippen LogP contribution < -0.4 is 0 Å². The minimum Gasteiger partial charge on any atom is 0 e. The third kappa shape index (κ3) is 19.5. The fourth-order valence-corrected chi connectivity index (χ4v) is 0.274. The van der Waals surface area contributed by atoms with Gasteiger partial charge in [0, 0.05) is 25.6 Å². The zero-order chi connectivity index (χ0) is 12.4. The molecule has 0 heterocycles. The molecular weight excluding hydrogens is 308 g/mol. The first-order chi connectivity index (χ1) is 6.34. The van der Waals surface area contributed by atoms with E-state index in [0.29, 0.717) is 0 Å².